The van der Waals surface area contributed by atoms with Gasteiger partial charge in [0.05, 0.1) is 10.6 Å². The molecule has 0 aliphatic rings. The van der Waals surface area contributed by atoms with Crippen molar-refractivity contribution in [2.75, 3.05) is 11.4 Å². The van der Waals surface area contributed by atoms with Gasteiger partial charge in [0.15, 0.2) is 5.75 Å². The molecule has 0 amide bonds. The number of nitrogens with zero attached hydrogens (tertiary/aromatic N) is 1. The van der Waals surface area contributed by atoms with E-state index in [9.17, 15) is 13.2 Å². The summed E-state index contributed by atoms with van der Waals surface area (Å²) in [6.45, 7) is 0. The first-order valence-electron chi connectivity index (χ1n) is 8.99. The molecule has 3 rings (SSSR count). The third kappa shape index (κ3) is 4.94. The Hall–Kier alpha value is -3.32. The SMILES string of the molecule is CN(c1ccccc1Oc1ccccc1)S(=O)(=O)c1ccc(CCC(=O)O)cc1. The number of carbonyl (C=O) groups is 1. The lowest BCUT2D eigenvalue weighted by atomic mass is 10.1. The van der Waals surface area contributed by atoms with Crippen LogP contribution in [0.25, 0.3) is 0 Å². The van der Waals surface area contributed by atoms with Gasteiger partial charge in [-0.25, -0.2) is 8.42 Å². The van der Waals surface area contributed by atoms with Crippen molar-refractivity contribution in [1.82, 2.24) is 0 Å². The van der Waals surface area contributed by atoms with Crippen LogP contribution >= 0.6 is 0 Å². The zero-order valence-corrected chi connectivity index (χ0v) is 16.7. The fraction of sp³-hybridized carbons (Fsp3) is 0.136. The van der Waals surface area contributed by atoms with Crippen LogP contribution in [0.2, 0.25) is 0 Å². The first-order chi connectivity index (χ1) is 13.9. The minimum atomic E-state index is -3.82. The summed E-state index contributed by atoms with van der Waals surface area (Å²) < 4.78 is 33.2. The lowest BCUT2D eigenvalue weighted by molar-refractivity contribution is -0.136. The molecule has 0 aromatic heterocycles. The second-order valence-corrected chi connectivity index (χ2v) is 8.36. The van der Waals surface area contributed by atoms with Gasteiger partial charge >= 0.3 is 5.97 Å². The van der Waals surface area contributed by atoms with E-state index in [4.69, 9.17) is 9.84 Å². The maximum atomic E-state index is 13.1. The Morgan fingerprint density at radius 1 is 0.931 bits per heavy atom. The third-order valence-electron chi connectivity index (χ3n) is 4.38. The Morgan fingerprint density at radius 2 is 1.55 bits per heavy atom. The molecule has 0 spiro atoms. The number of sulfonamides is 1. The van der Waals surface area contributed by atoms with E-state index in [0.29, 0.717) is 23.6 Å². The predicted octanol–water partition coefficient (Wildman–Crippen LogP) is 4.32. The minimum Gasteiger partial charge on any atom is -0.481 e. The van der Waals surface area contributed by atoms with E-state index in [1.54, 1.807) is 48.5 Å². The van der Waals surface area contributed by atoms with Crippen LogP contribution in [0, 0.1) is 0 Å². The largest absolute Gasteiger partial charge is 0.481 e. The first kappa shape index (κ1) is 20.4. The van der Waals surface area contributed by atoms with Gasteiger partial charge < -0.3 is 9.84 Å². The molecule has 6 nitrogen and oxygen atoms in total. The smallest absolute Gasteiger partial charge is 0.303 e. The summed E-state index contributed by atoms with van der Waals surface area (Å²) in [5.74, 6) is 0.132. The van der Waals surface area contributed by atoms with Crippen molar-refractivity contribution < 1.29 is 23.1 Å². The highest BCUT2D eigenvalue weighted by Gasteiger charge is 2.24. The van der Waals surface area contributed by atoms with E-state index in [0.717, 1.165) is 5.56 Å². The Labute approximate surface area is 170 Å². The molecule has 0 unspecified atom stereocenters. The van der Waals surface area contributed by atoms with Crippen LogP contribution in [0.1, 0.15) is 12.0 Å². The van der Waals surface area contributed by atoms with Crippen molar-refractivity contribution in [3.05, 3.63) is 84.4 Å². The molecule has 0 fully saturated rings. The minimum absolute atomic E-state index is 0.00377. The van der Waals surface area contributed by atoms with Gasteiger partial charge in [-0.3, -0.25) is 9.10 Å². The molecule has 0 heterocycles. The lowest BCUT2D eigenvalue weighted by Crippen LogP contribution is -2.26. The summed E-state index contributed by atoms with van der Waals surface area (Å²) in [7, 11) is -2.34. The van der Waals surface area contributed by atoms with Crippen LogP contribution in [0.3, 0.4) is 0 Å². The van der Waals surface area contributed by atoms with Crippen LogP contribution in [0.5, 0.6) is 11.5 Å². The van der Waals surface area contributed by atoms with Gasteiger partial charge in [-0.1, -0.05) is 42.5 Å². The van der Waals surface area contributed by atoms with Crippen molar-refractivity contribution in [3.63, 3.8) is 0 Å². The molecule has 29 heavy (non-hydrogen) atoms. The second kappa shape index (κ2) is 8.79. The van der Waals surface area contributed by atoms with Crippen LogP contribution in [0.15, 0.2) is 83.8 Å². The molecule has 0 saturated carbocycles. The van der Waals surface area contributed by atoms with Gasteiger partial charge in [-0.2, -0.15) is 0 Å². The number of benzene rings is 3. The molecular weight excluding hydrogens is 390 g/mol. The normalized spacial score (nSPS) is 11.1. The maximum absolute atomic E-state index is 13.1. The molecule has 3 aromatic rings. The number of ether oxygens (including phenoxy) is 1. The Kier molecular flexibility index (Phi) is 6.19. The Balaban J connectivity index is 1.86. The maximum Gasteiger partial charge on any atom is 0.303 e. The average molecular weight is 411 g/mol. The number of hydrogen-bond donors (Lipinski definition) is 1. The van der Waals surface area contributed by atoms with Crippen molar-refractivity contribution >= 4 is 21.7 Å². The molecule has 0 radical (unpaired) electrons. The topological polar surface area (TPSA) is 83.9 Å². The van der Waals surface area contributed by atoms with E-state index >= 15 is 0 Å². The number of hydrogen-bond acceptors (Lipinski definition) is 4. The van der Waals surface area contributed by atoms with E-state index in [1.807, 2.05) is 18.2 Å². The molecule has 0 aliphatic carbocycles. The van der Waals surface area contributed by atoms with E-state index in [2.05, 4.69) is 0 Å². The quantitative estimate of drug-likeness (QED) is 0.597. The average Bonchev–Trinajstić information content (AvgIpc) is 2.73. The van der Waals surface area contributed by atoms with Crippen molar-refractivity contribution in [3.8, 4) is 11.5 Å². The number of aliphatic carboxylic acids is 1. The van der Waals surface area contributed by atoms with Crippen molar-refractivity contribution in [2.45, 2.75) is 17.7 Å². The molecule has 150 valence electrons. The van der Waals surface area contributed by atoms with Gasteiger partial charge in [-0.05, 0) is 48.4 Å². The fourth-order valence-electron chi connectivity index (χ4n) is 2.79. The zero-order valence-electron chi connectivity index (χ0n) is 15.9. The van der Waals surface area contributed by atoms with Crippen LogP contribution in [0.4, 0.5) is 5.69 Å². The highest BCUT2D eigenvalue weighted by Crippen LogP contribution is 2.34. The number of carboxylic acid groups (broad SMARTS) is 1. The highest BCUT2D eigenvalue weighted by atomic mass is 32.2. The van der Waals surface area contributed by atoms with Crippen LogP contribution < -0.4 is 9.04 Å². The van der Waals surface area contributed by atoms with Gasteiger partial charge in [0.1, 0.15) is 5.75 Å². The summed E-state index contributed by atoms with van der Waals surface area (Å²) in [4.78, 5) is 10.8. The van der Waals surface area contributed by atoms with E-state index in [-0.39, 0.29) is 11.3 Å². The van der Waals surface area contributed by atoms with Gasteiger partial charge in [0.2, 0.25) is 0 Å². The second-order valence-electron chi connectivity index (χ2n) is 6.39. The Bertz CT molecular complexity index is 1080. The number of anilines is 1. The number of para-hydroxylation sites is 3. The van der Waals surface area contributed by atoms with Crippen LogP contribution in [-0.2, 0) is 21.2 Å². The van der Waals surface area contributed by atoms with Gasteiger partial charge in [0, 0.05) is 13.5 Å². The molecule has 0 aliphatic heterocycles. The summed E-state index contributed by atoms with van der Waals surface area (Å²) in [6, 6.07) is 22.3. The number of rotatable bonds is 8. The van der Waals surface area contributed by atoms with Crippen molar-refractivity contribution in [2.24, 2.45) is 0 Å². The fourth-order valence-corrected chi connectivity index (χ4v) is 3.99. The molecule has 1 N–H and O–H groups in total. The lowest BCUT2D eigenvalue weighted by Gasteiger charge is -2.22. The van der Waals surface area contributed by atoms with Crippen molar-refractivity contribution in [1.29, 1.82) is 0 Å². The van der Waals surface area contributed by atoms with E-state index < -0.39 is 16.0 Å². The molecular formula is C22H21NO5S. The first-order valence-corrected chi connectivity index (χ1v) is 10.4. The molecule has 0 atom stereocenters. The monoisotopic (exact) mass is 411 g/mol. The molecule has 0 bridgehead atoms. The highest BCUT2D eigenvalue weighted by molar-refractivity contribution is 7.92. The number of aryl methyl sites for hydroxylation is 1. The third-order valence-corrected chi connectivity index (χ3v) is 6.17. The molecule has 7 heteroatoms. The van der Waals surface area contributed by atoms with Gasteiger partial charge in [-0.15, -0.1) is 0 Å². The van der Waals surface area contributed by atoms with Gasteiger partial charge in [0.25, 0.3) is 10.0 Å². The summed E-state index contributed by atoms with van der Waals surface area (Å²) in [5, 5.41) is 8.77. The standard InChI is InChI=1S/C22H21NO5S/c1-23(20-9-5-6-10-21(20)28-18-7-3-2-4-8-18)29(26,27)19-14-11-17(12-15-19)13-16-22(24)25/h2-12,14-15H,13,16H2,1H3,(H,24,25). The molecule has 3 aromatic carbocycles. The molecule has 0 saturated heterocycles. The predicted molar refractivity (Wildman–Crippen MR) is 111 cm³/mol. The summed E-state index contributed by atoms with van der Waals surface area (Å²) in [6.07, 6.45) is 0.343. The van der Waals surface area contributed by atoms with Crippen LogP contribution in [-0.4, -0.2) is 26.5 Å². The Morgan fingerprint density at radius 3 is 2.21 bits per heavy atom. The summed E-state index contributed by atoms with van der Waals surface area (Å²) in [5.41, 5.74) is 1.17. The number of carboxylic acids is 1. The van der Waals surface area contributed by atoms with E-state index in [1.165, 1.54) is 23.5 Å². The zero-order chi connectivity index (χ0) is 20.9. The summed E-state index contributed by atoms with van der Waals surface area (Å²) >= 11 is 0.